The van der Waals surface area contributed by atoms with Crippen molar-refractivity contribution >= 4 is 65.8 Å². The van der Waals surface area contributed by atoms with Crippen molar-refractivity contribution in [2.75, 3.05) is 15.8 Å². The lowest BCUT2D eigenvalue weighted by Gasteiger charge is -2.15. The summed E-state index contributed by atoms with van der Waals surface area (Å²) in [5, 5.41) is 3.10. The lowest BCUT2D eigenvalue weighted by Crippen LogP contribution is -2.16. The fourth-order valence-electron chi connectivity index (χ4n) is 2.03. The maximum atomic E-state index is 12.1. The molecule has 0 unspecified atom stereocenters. The molecule has 0 amide bonds. The van der Waals surface area contributed by atoms with Gasteiger partial charge in [0.15, 0.2) is 0 Å². The lowest BCUT2D eigenvalue weighted by atomic mass is 10.2. The average Bonchev–Trinajstić information content (AvgIpc) is 2.60. The van der Waals surface area contributed by atoms with Gasteiger partial charge in [-0.05, 0) is 46.6 Å². The molecule has 2 heterocycles. The van der Waals surface area contributed by atoms with Crippen LogP contribution in [0.25, 0.3) is 11.0 Å². The summed E-state index contributed by atoms with van der Waals surface area (Å²) >= 11 is 9.15. The molecule has 0 aliphatic carbocycles. The molecular formula is C14H12BrClN6O2S. The summed E-state index contributed by atoms with van der Waals surface area (Å²) in [5.41, 5.74) is 1.72. The normalized spacial score (nSPS) is 11.5. The first-order valence-corrected chi connectivity index (χ1v) is 9.91. The van der Waals surface area contributed by atoms with Crippen LogP contribution in [0.3, 0.4) is 0 Å². The van der Waals surface area contributed by atoms with E-state index in [1.807, 2.05) is 0 Å². The van der Waals surface area contributed by atoms with Crippen LogP contribution in [0.2, 0.25) is 5.28 Å². The van der Waals surface area contributed by atoms with Gasteiger partial charge in [0.25, 0.3) is 0 Å². The van der Waals surface area contributed by atoms with Crippen LogP contribution in [0, 0.1) is 0 Å². The van der Waals surface area contributed by atoms with Crippen LogP contribution in [0.4, 0.5) is 17.2 Å². The highest BCUT2D eigenvalue weighted by atomic mass is 79.9. The van der Waals surface area contributed by atoms with Gasteiger partial charge >= 0.3 is 0 Å². The van der Waals surface area contributed by atoms with Crippen molar-refractivity contribution in [3.05, 3.63) is 40.5 Å². The maximum Gasteiger partial charge on any atom is 0.232 e. The van der Waals surface area contributed by atoms with Crippen molar-refractivity contribution in [3.63, 3.8) is 0 Å². The summed E-state index contributed by atoms with van der Waals surface area (Å²) in [6.45, 7) is 1.55. The van der Waals surface area contributed by atoms with Crippen LogP contribution >= 0.6 is 27.5 Å². The fourth-order valence-corrected chi connectivity index (χ4v) is 3.12. The predicted octanol–water partition coefficient (Wildman–Crippen LogP) is 3.34. The van der Waals surface area contributed by atoms with Crippen molar-refractivity contribution in [1.29, 1.82) is 0 Å². The van der Waals surface area contributed by atoms with E-state index in [1.54, 1.807) is 19.1 Å². The molecule has 0 bridgehead atoms. The zero-order chi connectivity index (χ0) is 18.0. The van der Waals surface area contributed by atoms with E-state index in [-0.39, 0.29) is 16.7 Å². The Labute approximate surface area is 157 Å². The van der Waals surface area contributed by atoms with Crippen molar-refractivity contribution in [1.82, 2.24) is 19.9 Å². The fraction of sp³-hybridized carbons (Fsp3) is 0.143. The van der Waals surface area contributed by atoms with E-state index in [0.717, 1.165) is 0 Å². The minimum Gasteiger partial charge on any atom is -0.337 e. The first kappa shape index (κ1) is 17.8. The van der Waals surface area contributed by atoms with Gasteiger partial charge in [-0.3, -0.25) is 14.7 Å². The van der Waals surface area contributed by atoms with E-state index in [4.69, 9.17) is 11.6 Å². The maximum absolute atomic E-state index is 12.1. The minimum atomic E-state index is -3.53. The largest absolute Gasteiger partial charge is 0.337 e. The number of hydrogen-bond donors (Lipinski definition) is 2. The summed E-state index contributed by atoms with van der Waals surface area (Å²) < 4.78 is 27.3. The van der Waals surface area contributed by atoms with Gasteiger partial charge < -0.3 is 5.32 Å². The molecule has 0 radical (unpaired) electrons. The molecule has 8 nitrogen and oxygen atoms in total. The van der Waals surface area contributed by atoms with E-state index in [2.05, 4.69) is 45.9 Å². The molecule has 0 saturated heterocycles. The van der Waals surface area contributed by atoms with Crippen LogP contribution in [0.15, 0.2) is 35.2 Å². The molecule has 0 fully saturated rings. The Hall–Kier alpha value is -2.04. The Morgan fingerprint density at radius 2 is 1.96 bits per heavy atom. The second-order valence-corrected chi connectivity index (χ2v) is 8.08. The first-order valence-electron chi connectivity index (χ1n) is 7.09. The Bertz CT molecular complexity index is 1050. The summed E-state index contributed by atoms with van der Waals surface area (Å²) in [5.74, 6) is 0.312. The third-order valence-corrected chi connectivity index (χ3v) is 5.28. The quantitative estimate of drug-likeness (QED) is 0.582. The molecule has 0 atom stereocenters. The van der Waals surface area contributed by atoms with E-state index < -0.39 is 10.0 Å². The van der Waals surface area contributed by atoms with E-state index >= 15 is 0 Å². The molecule has 11 heteroatoms. The number of hydrogen-bond acceptors (Lipinski definition) is 7. The highest BCUT2D eigenvalue weighted by Crippen LogP contribution is 2.33. The topological polar surface area (TPSA) is 110 Å². The number of sulfonamides is 1. The van der Waals surface area contributed by atoms with E-state index in [0.29, 0.717) is 27.0 Å². The molecule has 3 aromatic rings. The third-order valence-electron chi connectivity index (χ3n) is 3.25. The van der Waals surface area contributed by atoms with Gasteiger partial charge in [0, 0.05) is 18.6 Å². The summed E-state index contributed by atoms with van der Waals surface area (Å²) in [6.07, 6.45) is 4.52. The van der Waals surface area contributed by atoms with Gasteiger partial charge in [-0.25, -0.2) is 13.4 Å². The number of nitrogens with one attached hydrogen (secondary N) is 2. The summed E-state index contributed by atoms with van der Waals surface area (Å²) in [4.78, 5) is 16.4. The number of halogens is 2. The summed E-state index contributed by atoms with van der Waals surface area (Å²) in [7, 11) is -3.53. The van der Waals surface area contributed by atoms with Crippen LogP contribution in [0.1, 0.15) is 6.92 Å². The zero-order valence-electron chi connectivity index (χ0n) is 12.9. The second kappa shape index (κ2) is 7.06. The standard InChI is InChI=1S/C14H12BrClN6O2S/c1-2-25(23,24)22-12-10(4-3-9-11(12)18-6-5-17-9)20-13-8(15)7-19-14(16)21-13/h3-7,22H,2H2,1H3,(H,19,20,21). The third kappa shape index (κ3) is 3.97. The molecular weight excluding hydrogens is 432 g/mol. The number of aromatic nitrogens is 4. The Balaban J connectivity index is 2.15. The van der Waals surface area contributed by atoms with Crippen molar-refractivity contribution in [2.45, 2.75) is 6.92 Å². The van der Waals surface area contributed by atoms with Gasteiger partial charge in [0.1, 0.15) is 11.3 Å². The first-order chi connectivity index (χ1) is 11.9. The van der Waals surface area contributed by atoms with Gasteiger partial charge in [0.05, 0.1) is 27.1 Å². The van der Waals surface area contributed by atoms with Crippen molar-refractivity contribution in [2.24, 2.45) is 0 Å². The number of nitrogens with zero attached hydrogens (tertiary/aromatic N) is 4. The Morgan fingerprint density at radius 3 is 2.72 bits per heavy atom. The Kier molecular flexibility index (Phi) is 5.02. The zero-order valence-corrected chi connectivity index (χ0v) is 16.0. The average molecular weight is 444 g/mol. The van der Waals surface area contributed by atoms with Gasteiger partial charge in [-0.15, -0.1) is 0 Å². The molecule has 130 valence electrons. The molecule has 2 aromatic heterocycles. The van der Waals surface area contributed by atoms with Crippen molar-refractivity contribution in [3.8, 4) is 0 Å². The smallest absolute Gasteiger partial charge is 0.232 e. The minimum absolute atomic E-state index is 0.0574. The van der Waals surface area contributed by atoms with E-state index in [1.165, 1.54) is 18.6 Å². The van der Waals surface area contributed by atoms with Gasteiger partial charge in [0.2, 0.25) is 15.3 Å². The number of fused-ring (bicyclic) bond motifs is 1. The molecule has 25 heavy (non-hydrogen) atoms. The summed E-state index contributed by atoms with van der Waals surface area (Å²) in [6, 6.07) is 3.41. The highest BCUT2D eigenvalue weighted by molar-refractivity contribution is 9.10. The second-order valence-electron chi connectivity index (χ2n) is 4.88. The molecule has 1 aromatic carbocycles. The SMILES string of the molecule is CCS(=O)(=O)Nc1c(Nc2nc(Cl)ncc2Br)ccc2nccnc12. The highest BCUT2D eigenvalue weighted by Gasteiger charge is 2.17. The molecule has 0 aliphatic heterocycles. The molecule has 0 saturated carbocycles. The number of benzene rings is 1. The molecule has 0 aliphatic rings. The van der Waals surface area contributed by atoms with E-state index in [9.17, 15) is 8.42 Å². The molecule has 0 spiro atoms. The molecule has 2 N–H and O–H groups in total. The number of rotatable bonds is 5. The van der Waals surface area contributed by atoms with Crippen LogP contribution in [-0.4, -0.2) is 34.1 Å². The Morgan fingerprint density at radius 1 is 1.20 bits per heavy atom. The van der Waals surface area contributed by atoms with Crippen LogP contribution in [-0.2, 0) is 10.0 Å². The number of anilines is 3. The van der Waals surface area contributed by atoms with Gasteiger partial charge in [-0.1, -0.05) is 0 Å². The molecule has 3 rings (SSSR count). The monoisotopic (exact) mass is 442 g/mol. The predicted molar refractivity (Wildman–Crippen MR) is 101 cm³/mol. The van der Waals surface area contributed by atoms with Crippen LogP contribution < -0.4 is 10.0 Å². The van der Waals surface area contributed by atoms with Crippen LogP contribution in [0.5, 0.6) is 0 Å². The van der Waals surface area contributed by atoms with Crippen molar-refractivity contribution < 1.29 is 8.42 Å². The van der Waals surface area contributed by atoms with Gasteiger partial charge in [-0.2, -0.15) is 4.98 Å². The lowest BCUT2D eigenvalue weighted by molar-refractivity contribution is 0.602.